The molecule has 0 aliphatic heterocycles. The van der Waals surface area contributed by atoms with Crippen molar-refractivity contribution >= 4 is 17.0 Å². The van der Waals surface area contributed by atoms with Crippen LogP contribution in [0, 0.1) is 5.92 Å². The van der Waals surface area contributed by atoms with Crippen molar-refractivity contribution in [3.8, 4) is 5.75 Å². The minimum atomic E-state index is -0.920. The van der Waals surface area contributed by atoms with E-state index in [-0.39, 0.29) is 5.56 Å². The molecule has 4 rings (SSSR count). The molecule has 0 unspecified atom stereocenters. The van der Waals surface area contributed by atoms with Crippen LogP contribution < -0.4 is 4.74 Å². The lowest BCUT2D eigenvalue weighted by atomic mass is 10.1. The van der Waals surface area contributed by atoms with Crippen LogP contribution in [0.25, 0.3) is 11.0 Å². The molecule has 1 saturated carbocycles. The third kappa shape index (κ3) is 3.43. The highest BCUT2D eigenvalue weighted by Crippen LogP contribution is 2.33. The Kier molecular flexibility index (Phi) is 4.37. The topological polar surface area (TPSA) is 64.3 Å². The van der Waals surface area contributed by atoms with Crippen LogP contribution in [0.15, 0.2) is 42.5 Å². The number of hydrogen-bond donors (Lipinski definition) is 1. The maximum Gasteiger partial charge on any atom is 0.335 e. The Balaban J connectivity index is 1.68. The third-order valence-electron chi connectivity index (χ3n) is 4.81. The number of aromatic carboxylic acids is 1. The van der Waals surface area contributed by atoms with Crippen LogP contribution in [0.4, 0.5) is 0 Å². The summed E-state index contributed by atoms with van der Waals surface area (Å²) >= 11 is 0. The molecule has 5 nitrogen and oxygen atoms in total. The number of benzene rings is 2. The SMILES string of the molecule is CCOc1ccc(Cc2nc3cc(C(=O)O)ccc3n2CC2CC2)cc1. The number of imidazole rings is 1. The molecular formula is C21H22N2O3. The zero-order valence-corrected chi connectivity index (χ0v) is 14.8. The maximum absolute atomic E-state index is 11.3. The number of aromatic nitrogens is 2. The average Bonchev–Trinajstić information content (AvgIpc) is 3.39. The minimum Gasteiger partial charge on any atom is -0.494 e. The molecule has 1 fully saturated rings. The second-order valence-corrected chi connectivity index (χ2v) is 6.84. The molecular weight excluding hydrogens is 328 g/mol. The molecule has 0 atom stereocenters. The van der Waals surface area contributed by atoms with Gasteiger partial charge in [-0.25, -0.2) is 9.78 Å². The molecule has 3 aromatic rings. The molecule has 5 heteroatoms. The van der Waals surface area contributed by atoms with Crippen molar-refractivity contribution in [1.29, 1.82) is 0 Å². The number of fused-ring (bicyclic) bond motifs is 1. The molecule has 1 aromatic heterocycles. The lowest BCUT2D eigenvalue weighted by Crippen LogP contribution is -2.06. The van der Waals surface area contributed by atoms with Crippen LogP contribution in [0.2, 0.25) is 0 Å². The Morgan fingerprint density at radius 2 is 2.00 bits per heavy atom. The van der Waals surface area contributed by atoms with E-state index in [0.717, 1.165) is 35.6 Å². The van der Waals surface area contributed by atoms with Crippen molar-refractivity contribution in [2.24, 2.45) is 5.92 Å². The second kappa shape index (κ2) is 6.83. The zero-order chi connectivity index (χ0) is 18.1. The first-order valence-electron chi connectivity index (χ1n) is 9.08. The van der Waals surface area contributed by atoms with Crippen molar-refractivity contribution in [2.45, 2.75) is 32.7 Å². The smallest absolute Gasteiger partial charge is 0.335 e. The van der Waals surface area contributed by atoms with Crippen molar-refractivity contribution < 1.29 is 14.6 Å². The van der Waals surface area contributed by atoms with Gasteiger partial charge in [-0.3, -0.25) is 0 Å². The van der Waals surface area contributed by atoms with Crippen LogP contribution >= 0.6 is 0 Å². The van der Waals surface area contributed by atoms with Gasteiger partial charge in [-0.1, -0.05) is 12.1 Å². The summed E-state index contributed by atoms with van der Waals surface area (Å²) < 4.78 is 7.76. The summed E-state index contributed by atoms with van der Waals surface area (Å²) in [5.41, 5.74) is 3.22. The fraction of sp³-hybridized carbons (Fsp3) is 0.333. The van der Waals surface area contributed by atoms with E-state index in [1.807, 2.05) is 25.1 Å². The number of ether oxygens (including phenoxy) is 1. The highest BCUT2D eigenvalue weighted by atomic mass is 16.5. The molecule has 1 heterocycles. The van der Waals surface area contributed by atoms with Crippen LogP contribution in [0.5, 0.6) is 5.75 Å². The minimum absolute atomic E-state index is 0.279. The molecule has 0 saturated heterocycles. The van der Waals surface area contributed by atoms with Crippen LogP contribution in [-0.4, -0.2) is 27.2 Å². The second-order valence-electron chi connectivity index (χ2n) is 6.84. The highest BCUT2D eigenvalue weighted by molar-refractivity contribution is 5.92. The molecule has 0 amide bonds. The lowest BCUT2D eigenvalue weighted by Gasteiger charge is -2.09. The lowest BCUT2D eigenvalue weighted by molar-refractivity contribution is 0.0697. The summed E-state index contributed by atoms with van der Waals surface area (Å²) in [6, 6.07) is 13.3. The fourth-order valence-electron chi connectivity index (χ4n) is 3.26. The Hall–Kier alpha value is -2.82. The van der Waals surface area contributed by atoms with Gasteiger partial charge in [0.25, 0.3) is 0 Å². The van der Waals surface area contributed by atoms with Gasteiger partial charge in [-0.2, -0.15) is 0 Å². The Morgan fingerprint density at radius 1 is 1.23 bits per heavy atom. The van der Waals surface area contributed by atoms with Crippen molar-refractivity contribution in [1.82, 2.24) is 9.55 Å². The summed E-state index contributed by atoms with van der Waals surface area (Å²) in [6.45, 7) is 3.58. The Morgan fingerprint density at radius 3 is 2.65 bits per heavy atom. The van der Waals surface area contributed by atoms with Crippen LogP contribution in [0.1, 0.15) is 41.5 Å². The molecule has 134 valence electrons. The van der Waals surface area contributed by atoms with E-state index in [4.69, 9.17) is 9.72 Å². The molecule has 0 spiro atoms. The van der Waals surface area contributed by atoms with Gasteiger partial charge >= 0.3 is 5.97 Å². The van der Waals surface area contributed by atoms with E-state index >= 15 is 0 Å². The van der Waals surface area contributed by atoms with Gasteiger partial charge in [0.2, 0.25) is 0 Å². The summed E-state index contributed by atoms with van der Waals surface area (Å²) in [7, 11) is 0. The molecule has 1 aliphatic carbocycles. The maximum atomic E-state index is 11.3. The number of carboxylic acid groups (broad SMARTS) is 1. The van der Waals surface area contributed by atoms with Crippen molar-refractivity contribution in [3.05, 3.63) is 59.4 Å². The van der Waals surface area contributed by atoms with Gasteiger partial charge in [0, 0.05) is 13.0 Å². The first-order valence-corrected chi connectivity index (χ1v) is 9.08. The van der Waals surface area contributed by atoms with E-state index in [0.29, 0.717) is 12.5 Å². The quantitative estimate of drug-likeness (QED) is 0.696. The largest absolute Gasteiger partial charge is 0.494 e. The van der Waals surface area contributed by atoms with Gasteiger partial charge < -0.3 is 14.4 Å². The monoisotopic (exact) mass is 350 g/mol. The average molecular weight is 350 g/mol. The predicted octanol–water partition coefficient (Wildman–Crippen LogP) is 4.13. The van der Waals surface area contributed by atoms with Crippen LogP contribution in [0.3, 0.4) is 0 Å². The summed E-state index contributed by atoms with van der Waals surface area (Å²) in [6.07, 6.45) is 3.24. The van der Waals surface area contributed by atoms with E-state index in [1.165, 1.54) is 18.4 Å². The van der Waals surface area contributed by atoms with Gasteiger partial charge in [-0.15, -0.1) is 0 Å². The van der Waals surface area contributed by atoms with Crippen molar-refractivity contribution in [3.63, 3.8) is 0 Å². The standard InChI is InChI=1S/C21H22N2O3/c1-2-26-17-8-5-14(6-9-17)11-20-22-18-12-16(21(24)25)7-10-19(18)23(20)13-15-3-4-15/h5-10,12,15H,2-4,11,13H2,1H3,(H,24,25). The first-order chi connectivity index (χ1) is 12.6. The summed E-state index contributed by atoms with van der Waals surface area (Å²) in [4.78, 5) is 16.0. The molecule has 1 aliphatic rings. The normalized spacial score (nSPS) is 13.9. The van der Waals surface area contributed by atoms with E-state index < -0.39 is 5.97 Å². The number of rotatable bonds is 7. The van der Waals surface area contributed by atoms with E-state index in [9.17, 15) is 9.90 Å². The van der Waals surface area contributed by atoms with E-state index in [1.54, 1.807) is 12.1 Å². The Bertz CT molecular complexity index is 940. The molecule has 0 bridgehead atoms. The summed E-state index contributed by atoms with van der Waals surface area (Å²) in [5, 5.41) is 9.23. The third-order valence-corrected chi connectivity index (χ3v) is 4.81. The molecule has 1 N–H and O–H groups in total. The van der Waals surface area contributed by atoms with Gasteiger partial charge in [0.1, 0.15) is 11.6 Å². The summed E-state index contributed by atoms with van der Waals surface area (Å²) in [5.74, 6) is 1.65. The first kappa shape index (κ1) is 16.6. The molecule has 26 heavy (non-hydrogen) atoms. The highest BCUT2D eigenvalue weighted by Gasteiger charge is 2.24. The Labute approximate surface area is 152 Å². The van der Waals surface area contributed by atoms with E-state index in [2.05, 4.69) is 16.7 Å². The fourth-order valence-corrected chi connectivity index (χ4v) is 3.26. The zero-order valence-electron chi connectivity index (χ0n) is 14.8. The number of nitrogens with zero attached hydrogens (tertiary/aromatic N) is 2. The van der Waals surface area contributed by atoms with Gasteiger partial charge in [0.05, 0.1) is 23.2 Å². The predicted molar refractivity (Wildman–Crippen MR) is 99.8 cm³/mol. The number of hydrogen-bond acceptors (Lipinski definition) is 3. The molecule has 2 aromatic carbocycles. The number of carboxylic acids is 1. The number of carbonyl (C=O) groups is 1. The van der Waals surface area contributed by atoms with Gasteiger partial charge in [0.15, 0.2) is 0 Å². The molecule has 0 radical (unpaired) electrons. The van der Waals surface area contributed by atoms with Crippen molar-refractivity contribution in [2.75, 3.05) is 6.61 Å². The van der Waals surface area contributed by atoms with Gasteiger partial charge in [-0.05, 0) is 61.6 Å². The van der Waals surface area contributed by atoms with Crippen LogP contribution in [-0.2, 0) is 13.0 Å².